The van der Waals surface area contributed by atoms with Crippen LogP contribution in [0.2, 0.25) is 0 Å². The number of likely N-dealkylation sites (tertiary alicyclic amines) is 1. The Hall–Kier alpha value is -1.63. The van der Waals surface area contributed by atoms with Gasteiger partial charge in [-0.2, -0.15) is 13.2 Å². The summed E-state index contributed by atoms with van der Waals surface area (Å²) < 4.78 is 38.0. The number of rotatable bonds is 2. The summed E-state index contributed by atoms with van der Waals surface area (Å²) in [6, 6.07) is 2.03. The fourth-order valence-corrected chi connectivity index (χ4v) is 4.91. The van der Waals surface area contributed by atoms with E-state index in [0.717, 1.165) is 50.8 Å². The van der Waals surface area contributed by atoms with Gasteiger partial charge in [-0.25, -0.2) is 0 Å². The highest BCUT2D eigenvalue weighted by Crippen LogP contribution is 2.52. The lowest BCUT2D eigenvalue weighted by Crippen LogP contribution is -2.61. The van der Waals surface area contributed by atoms with Gasteiger partial charge >= 0.3 is 6.18 Å². The van der Waals surface area contributed by atoms with Gasteiger partial charge in [0, 0.05) is 24.7 Å². The lowest BCUT2D eigenvalue weighted by molar-refractivity contribution is -0.141. The Bertz CT molecular complexity index is 687. The predicted octanol–water partition coefficient (Wildman–Crippen LogP) is 3.65. The summed E-state index contributed by atoms with van der Waals surface area (Å²) in [5.41, 5.74) is -1.49. The number of pyridine rings is 1. The van der Waals surface area contributed by atoms with Gasteiger partial charge in [-0.3, -0.25) is 9.78 Å². The summed E-state index contributed by atoms with van der Waals surface area (Å²) >= 11 is 0. The van der Waals surface area contributed by atoms with E-state index in [1.165, 1.54) is 6.07 Å². The molecule has 1 aromatic heterocycles. The van der Waals surface area contributed by atoms with Gasteiger partial charge in [0.1, 0.15) is 5.69 Å². The minimum atomic E-state index is -4.51. The van der Waals surface area contributed by atoms with Crippen LogP contribution in [0.25, 0.3) is 0 Å². The maximum atomic E-state index is 12.9. The van der Waals surface area contributed by atoms with Gasteiger partial charge in [-0.1, -0.05) is 12.8 Å². The smallest absolute Gasteiger partial charge is 0.389 e. The second-order valence-corrected chi connectivity index (χ2v) is 7.90. The molecule has 1 N–H and O–H groups in total. The van der Waals surface area contributed by atoms with Crippen LogP contribution in [-0.2, 0) is 6.18 Å². The lowest BCUT2D eigenvalue weighted by atomic mass is 9.67. The largest absolute Gasteiger partial charge is 0.433 e. The Morgan fingerprint density at radius 3 is 2.54 bits per heavy atom. The SMILES string of the molecule is O=C(c1ccc(C(F)(F)F)nc1)N1CCC(O)(C2CC2)[C@@H]2CCCC[C@@H]21. The number of halogens is 3. The highest BCUT2D eigenvalue weighted by Gasteiger charge is 2.55. The average Bonchev–Trinajstić information content (AvgIpc) is 3.47. The Balaban J connectivity index is 1.56. The van der Waals surface area contributed by atoms with Crippen molar-refractivity contribution in [2.75, 3.05) is 6.54 Å². The van der Waals surface area contributed by atoms with Crippen LogP contribution in [0, 0.1) is 11.8 Å². The highest BCUT2D eigenvalue weighted by molar-refractivity contribution is 5.94. The predicted molar refractivity (Wildman–Crippen MR) is 88.3 cm³/mol. The summed E-state index contributed by atoms with van der Waals surface area (Å²) in [6.07, 6.45) is 2.99. The number of amides is 1. The van der Waals surface area contributed by atoms with Crippen LogP contribution in [0.1, 0.15) is 61.0 Å². The third-order valence-electron chi connectivity index (χ3n) is 6.37. The van der Waals surface area contributed by atoms with E-state index in [1.54, 1.807) is 4.90 Å². The van der Waals surface area contributed by atoms with Crippen molar-refractivity contribution in [3.8, 4) is 0 Å². The Morgan fingerprint density at radius 1 is 1.19 bits per heavy atom. The minimum Gasteiger partial charge on any atom is -0.389 e. The number of alkyl halides is 3. The number of aliphatic hydroxyl groups is 1. The van der Waals surface area contributed by atoms with Crippen LogP contribution < -0.4 is 0 Å². The summed E-state index contributed by atoms with van der Waals surface area (Å²) in [7, 11) is 0. The number of aromatic nitrogens is 1. The molecule has 0 spiro atoms. The minimum absolute atomic E-state index is 0.0297. The van der Waals surface area contributed by atoms with Gasteiger partial charge in [0.05, 0.1) is 11.2 Å². The van der Waals surface area contributed by atoms with Gasteiger partial charge in [-0.05, 0) is 50.2 Å². The van der Waals surface area contributed by atoms with Gasteiger partial charge in [-0.15, -0.1) is 0 Å². The molecule has 1 aliphatic heterocycles. The molecule has 1 aromatic rings. The third-order valence-corrected chi connectivity index (χ3v) is 6.37. The van der Waals surface area contributed by atoms with Gasteiger partial charge in [0.2, 0.25) is 0 Å². The van der Waals surface area contributed by atoms with E-state index in [2.05, 4.69) is 4.98 Å². The van der Waals surface area contributed by atoms with E-state index in [1.807, 2.05) is 0 Å². The summed E-state index contributed by atoms with van der Waals surface area (Å²) in [5.74, 6) is 0.142. The zero-order valence-corrected chi connectivity index (χ0v) is 14.5. The molecule has 2 heterocycles. The van der Waals surface area contributed by atoms with E-state index in [9.17, 15) is 23.1 Å². The van der Waals surface area contributed by atoms with Crippen molar-refractivity contribution < 1.29 is 23.1 Å². The number of nitrogens with zero attached hydrogens (tertiary/aromatic N) is 2. The van der Waals surface area contributed by atoms with Crippen molar-refractivity contribution in [1.29, 1.82) is 0 Å². The van der Waals surface area contributed by atoms with Gasteiger partial charge in [0.25, 0.3) is 5.91 Å². The van der Waals surface area contributed by atoms with Gasteiger partial charge in [0.15, 0.2) is 0 Å². The van der Waals surface area contributed by atoms with E-state index in [4.69, 9.17) is 0 Å². The molecule has 142 valence electrons. The third kappa shape index (κ3) is 3.00. The number of hydrogen-bond donors (Lipinski definition) is 1. The summed E-state index contributed by atoms with van der Waals surface area (Å²) in [5, 5.41) is 11.2. The van der Waals surface area contributed by atoms with Crippen LogP contribution in [0.4, 0.5) is 13.2 Å². The van der Waals surface area contributed by atoms with Crippen LogP contribution in [0.3, 0.4) is 0 Å². The van der Waals surface area contributed by atoms with Crippen molar-refractivity contribution in [1.82, 2.24) is 9.88 Å². The molecule has 4 rings (SSSR count). The van der Waals surface area contributed by atoms with Crippen molar-refractivity contribution in [2.24, 2.45) is 11.8 Å². The number of carbonyl (C=O) groups excluding carboxylic acids is 1. The first-order valence-electron chi connectivity index (χ1n) is 9.37. The lowest BCUT2D eigenvalue weighted by Gasteiger charge is -2.52. The second kappa shape index (κ2) is 6.22. The molecule has 4 nitrogen and oxygen atoms in total. The van der Waals surface area contributed by atoms with Crippen LogP contribution in [-0.4, -0.2) is 39.1 Å². The molecule has 2 aliphatic carbocycles. The molecule has 7 heteroatoms. The molecular weight excluding hydrogens is 345 g/mol. The molecule has 1 saturated heterocycles. The molecular formula is C19H23F3N2O2. The second-order valence-electron chi connectivity index (χ2n) is 7.90. The zero-order chi connectivity index (χ0) is 18.5. The summed E-state index contributed by atoms with van der Waals surface area (Å²) in [4.78, 5) is 18.1. The molecule has 1 unspecified atom stereocenters. The van der Waals surface area contributed by atoms with E-state index in [-0.39, 0.29) is 23.4 Å². The van der Waals surface area contributed by atoms with Crippen LogP contribution in [0.15, 0.2) is 18.3 Å². The van der Waals surface area contributed by atoms with Crippen molar-refractivity contribution in [2.45, 2.75) is 62.8 Å². The van der Waals surface area contributed by atoms with Crippen molar-refractivity contribution in [3.63, 3.8) is 0 Å². The van der Waals surface area contributed by atoms with E-state index < -0.39 is 17.5 Å². The van der Waals surface area contributed by atoms with Gasteiger partial charge < -0.3 is 10.0 Å². The molecule has 3 atom stereocenters. The topological polar surface area (TPSA) is 53.4 Å². The normalized spacial score (nSPS) is 32.2. The number of hydrogen-bond acceptors (Lipinski definition) is 3. The maximum absolute atomic E-state index is 12.9. The average molecular weight is 368 g/mol. The highest BCUT2D eigenvalue weighted by atomic mass is 19.4. The first-order chi connectivity index (χ1) is 12.3. The first kappa shape index (κ1) is 17.8. The number of piperidine rings is 1. The number of fused-ring (bicyclic) bond motifs is 1. The molecule has 26 heavy (non-hydrogen) atoms. The van der Waals surface area contributed by atoms with Crippen molar-refractivity contribution >= 4 is 5.91 Å². The number of carbonyl (C=O) groups is 1. The summed E-state index contributed by atoms with van der Waals surface area (Å²) in [6.45, 7) is 0.452. The Labute approximate surface area is 150 Å². The molecule has 0 radical (unpaired) electrons. The van der Waals surface area contributed by atoms with Crippen molar-refractivity contribution in [3.05, 3.63) is 29.6 Å². The van der Waals surface area contributed by atoms with Crippen LogP contribution >= 0.6 is 0 Å². The fraction of sp³-hybridized carbons (Fsp3) is 0.684. The quantitative estimate of drug-likeness (QED) is 0.867. The van der Waals surface area contributed by atoms with E-state index >= 15 is 0 Å². The molecule has 3 aliphatic rings. The Morgan fingerprint density at radius 2 is 1.92 bits per heavy atom. The maximum Gasteiger partial charge on any atom is 0.433 e. The molecule has 2 saturated carbocycles. The standard InChI is InChI=1S/C19H23F3N2O2/c20-19(21,22)16-8-5-12(11-23-16)17(25)24-10-9-18(26,13-6-7-13)14-3-1-2-4-15(14)24/h5,8,11,13-15,26H,1-4,6-7,9-10H2/t14-,15+,18?/m1/s1. The molecule has 3 fully saturated rings. The Kier molecular flexibility index (Phi) is 4.25. The zero-order valence-electron chi connectivity index (χ0n) is 14.5. The molecule has 0 bridgehead atoms. The fourth-order valence-electron chi connectivity index (χ4n) is 4.91. The molecule has 0 aromatic carbocycles. The molecule has 1 amide bonds. The van der Waals surface area contributed by atoms with E-state index in [0.29, 0.717) is 18.9 Å². The monoisotopic (exact) mass is 368 g/mol. The van der Waals surface area contributed by atoms with Crippen LogP contribution in [0.5, 0.6) is 0 Å². The first-order valence-corrected chi connectivity index (χ1v) is 9.37.